The van der Waals surface area contributed by atoms with E-state index in [1.54, 1.807) is 0 Å². The van der Waals surface area contributed by atoms with E-state index in [1.807, 2.05) is 20.2 Å². The van der Waals surface area contributed by atoms with Crippen molar-refractivity contribution in [3.63, 3.8) is 0 Å². The third kappa shape index (κ3) is 2.51. The molecule has 0 fully saturated rings. The summed E-state index contributed by atoms with van der Waals surface area (Å²) in [6, 6.07) is 0. The van der Waals surface area contributed by atoms with Gasteiger partial charge >= 0.3 is 0 Å². The molecule has 1 aliphatic rings. The summed E-state index contributed by atoms with van der Waals surface area (Å²) in [6.07, 6.45) is 7.66. The largest absolute Gasteiger partial charge is 0.387 e. The van der Waals surface area contributed by atoms with Crippen molar-refractivity contribution >= 4 is 5.84 Å². The van der Waals surface area contributed by atoms with Crippen molar-refractivity contribution in [3.05, 3.63) is 17.7 Å². The van der Waals surface area contributed by atoms with E-state index in [0.717, 1.165) is 25.8 Å². The first-order valence-corrected chi connectivity index (χ1v) is 6.38. The zero-order valence-corrected chi connectivity index (χ0v) is 10.8. The van der Waals surface area contributed by atoms with Crippen LogP contribution in [0.1, 0.15) is 44.5 Å². The molecule has 0 spiro atoms. The van der Waals surface area contributed by atoms with E-state index < -0.39 is 0 Å². The number of nitrogens with two attached hydrogens (primary N) is 1. The maximum absolute atomic E-state index is 7.57. The Kier molecular flexibility index (Phi) is 3.22. The average Bonchev–Trinajstić information content (AvgIpc) is 2.69. The van der Waals surface area contributed by atoms with Gasteiger partial charge < -0.3 is 10.3 Å². The first-order valence-electron chi connectivity index (χ1n) is 6.38. The number of amidine groups is 1. The van der Waals surface area contributed by atoms with Crippen molar-refractivity contribution in [2.24, 2.45) is 11.1 Å². The fourth-order valence-electron chi connectivity index (χ4n) is 2.26. The predicted molar refractivity (Wildman–Crippen MR) is 69.2 cm³/mol. The summed E-state index contributed by atoms with van der Waals surface area (Å²) in [7, 11) is 0. The third-order valence-electron chi connectivity index (χ3n) is 3.82. The number of nitrogens with one attached hydrogen (secondary N) is 1. The fraction of sp³-hybridized carbons (Fsp3) is 0.692. The van der Waals surface area contributed by atoms with Gasteiger partial charge in [0, 0.05) is 17.7 Å². The molecule has 1 aliphatic carbocycles. The van der Waals surface area contributed by atoms with Crippen LogP contribution in [0.2, 0.25) is 0 Å². The minimum absolute atomic E-state index is 0.216. The van der Waals surface area contributed by atoms with Crippen LogP contribution in [0, 0.1) is 10.8 Å². The Morgan fingerprint density at radius 2 is 2.18 bits per heavy atom. The molecular formula is C13H22N4. The van der Waals surface area contributed by atoms with Gasteiger partial charge in [0.25, 0.3) is 0 Å². The second-order valence-corrected chi connectivity index (χ2v) is 5.59. The van der Waals surface area contributed by atoms with Crippen LogP contribution in [0.5, 0.6) is 0 Å². The summed E-state index contributed by atoms with van der Waals surface area (Å²) < 4.78 is 2.25. The summed E-state index contributed by atoms with van der Waals surface area (Å²) in [5.74, 6) is 0.270. The van der Waals surface area contributed by atoms with E-state index in [4.69, 9.17) is 11.1 Å². The summed E-state index contributed by atoms with van der Waals surface area (Å²) in [4.78, 5) is 4.48. The average molecular weight is 234 g/mol. The number of hydrogen-bond acceptors (Lipinski definition) is 2. The first kappa shape index (κ1) is 12.1. The summed E-state index contributed by atoms with van der Waals surface area (Å²) in [6.45, 7) is 4.96. The first-order chi connectivity index (χ1) is 8.00. The van der Waals surface area contributed by atoms with Crippen molar-refractivity contribution < 1.29 is 0 Å². The van der Waals surface area contributed by atoms with E-state index in [1.165, 1.54) is 24.2 Å². The summed E-state index contributed by atoms with van der Waals surface area (Å²) in [5.41, 5.74) is 8.06. The fourth-order valence-corrected chi connectivity index (χ4v) is 2.26. The maximum atomic E-state index is 7.57. The van der Waals surface area contributed by atoms with E-state index >= 15 is 0 Å². The highest BCUT2D eigenvalue weighted by atomic mass is 15.1. The summed E-state index contributed by atoms with van der Waals surface area (Å²) in [5, 5.41) is 7.57. The molecule has 3 N–H and O–H groups in total. The molecular weight excluding hydrogens is 212 g/mol. The highest BCUT2D eigenvalue weighted by Crippen LogP contribution is 2.24. The van der Waals surface area contributed by atoms with Crippen molar-refractivity contribution in [1.29, 1.82) is 5.41 Å². The standard InChI is InChI=1S/C13H22N4/c1-13(2,12(14)15)7-8-17-9-16-10-5-3-4-6-11(10)17/h9H,3-8H2,1-2H3,(H3,14,15). The zero-order valence-electron chi connectivity index (χ0n) is 10.8. The van der Waals surface area contributed by atoms with Crippen LogP contribution in [0.25, 0.3) is 0 Å². The number of rotatable bonds is 4. The Balaban J connectivity index is 2.05. The monoisotopic (exact) mass is 234 g/mol. The number of nitrogens with zero attached hydrogens (tertiary/aromatic N) is 2. The van der Waals surface area contributed by atoms with Gasteiger partial charge in [0.15, 0.2) is 0 Å². The van der Waals surface area contributed by atoms with Crippen LogP contribution in [-0.2, 0) is 19.4 Å². The molecule has 4 nitrogen and oxygen atoms in total. The minimum atomic E-state index is -0.216. The molecule has 17 heavy (non-hydrogen) atoms. The molecule has 0 aromatic carbocycles. The number of aryl methyl sites for hydroxylation is 2. The molecule has 1 heterocycles. The number of fused-ring (bicyclic) bond motifs is 1. The zero-order chi connectivity index (χ0) is 12.5. The molecule has 0 saturated carbocycles. The van der Waals surface area contributed by atoms with E-state index in [-0.39, 0.29) is 11.3 Å². The van der Waals surface area contributed by atoms with Gasteiger partial charge in [-0.15, -0.1) is 0 Å². The Bertz CT molecular complexity index is 417. The smallest absolute Gasteiger partial charge is 0.0963 e. The molecule has 0 atom stereocenters. The lowest BCUT2D eigenvalue weighted by atomic mass is 9.88. The molecule has 0 radical (unpaired) electrons. The Morgan fingerprint density at radius 3 is 2.88 bits per heavy atom. The van der Waals surface area contributed by atoms with Crippen LogP contribution in [-0.4, -0.2) is 15.4 Å². The van der Waals surface area contributed by atoms with Crippen LogP contribution in [0.3, 0.4) is 0 Å². The van der Waals surface area contributed by atoms with E-state index in [9.17, 15) is 0 Å². The van der Waals surface area contributed by atoms with Gasteiger partial charge in [-0.3, -0.25) is 5.41 Å². The van der Waals surface area contributed by atoms with Crippen LogP contribution in [0.15, 0.2) is 6.33 Å². The molecule has 1 aromatic rings. The lowest BCUT2D eigenvalue weighted by molar-refractivity contribution is 0.420. The SMILES string of the molecule is CC(C)(CCn1cnc2c1CCCC2)C(=N)N. The van der Waals surface area contributed by atoms with Gasteiger partial charge in [0.1, 0.15) is 0 Å². The van der Waals surface area contributed by atoms with Crippen LogP contribution < -0.4 is 5.73 Å². The van der Waals surface area contributed by atoms with Gasteiger partial charge in [-0.2, -0.15) is 0 Å². The second kappa shape index (κ2) is 4.51. The lowest BCUT2D eigenvalue weighted by Gasteiger charge is -2.24. The number of aromatic nitrogens is 2. The number of hydrogen-bond donors (Lipinski definition) is 2. The van der Waals surface area contributed by atoms with E-state index in [0.29, 0.717) is 0 Å². The third-order valence-corrected chi connectivity index (χ3v) is 3.82. The molecule has 0 unspecified atom stereocenters. The second-order valence-electron chi connectivity index (χ2n) is 5.59. The van der Waals surface area contributed by atoms with Gasteiger partial charge in [0.2, 0.25) is 0 Å². The Hall–Kier alpha value is -1.32. The van der Waals surface area contributed by atoms with Crippen molar-refractivity contribution in [2.45, 2.75) is 52.5 Å². The number of imidazole rings is 1. The minimum Gasteiger partial charge on any atom is -0.387 e. The highest BCUT2D eigenvalue weighted by Gasteiger charge is 2.22. The normalized spacial score (nSPS) is 15.6. The van der Waals surface area contributed by atoms with Gasteiger partial charge in [-0.1, -0.05) is 13.8 Å². The highest BCUT2D eigenvalue weighted by molar-refractivity contribution is 5.82. The van der Waals surface area contributed by atoms with Crippen molar-refractivity contribution in [1.82, 2.24) is 9.55 Å². The molecule has 0 bridgehead atoms. The van der Waals surface area contributed by atoms with Crippen LogP contribution >= 0.6 is 0 Å². The lowest BCUT2D eigenvalue weighted by Crippen LogP contribution is -2.32. The maximum Gasteiger partial charge on any atom is 0.0963 e. The quantitative estimate of drug-likeness (QED) is 0.619. The van der Waals surface area contributed by atoms with Gasteiger partial charge in [-0.05, 0) is 32.1 Å². The molecule has 4 heteroatoms. The molecule has 94 valence electrons. The Morgan fingerprint density at radius 1 is 1.47 bits per heavy atom. The van der Waals surface area contributed by atoms with Crippen LogP contribution in [0.4, 0.5) is 0 Å². The predicted octanol–water partition coefficient (Wildman–Crippen LogP) is 2.11. The topological polar surface area (TPSA) is 67.7 Å². The van der Waals surface area contributed by atoms with Crippen molar-refractivity contribution in [2.75, 3.05) is 0 Å². The molecule has 0 saturated heterocycles. The summed E-state index contributed by atoms with van der Waals surface area (Å²) >= 11 is 0. The van der Waals surface area contributed by atoms with Gasteiger partial charge in [-0.25, -0.2) is 4.98 Å². The van der Waals surface area contributed by atoms with E-state index in [2.05, 4.69) is 9.55 Å². The van der Waals surface area contributed by atoms with Crippen molar-refractivity contribution in [3.8, 4) is 0 Å². The molecule has 1 aromatic heterocycles. The molecule has 0 aliphatic heterocycles. The molecule has 0 amide bonds. The van der Waals surface area contributed by atoms with Gasteiger partial charge in [0.05, 0.1) is 17.9 Å². The molecule has 2 rings (SSSR count). The Labute approximate surface area is 103 Å².